The number of aromatic nitrogens is 1. The molecule has 3 amide bonds. The highest BCUT2D eigenvalue weighted by Crippen LogP contribution is 2.35. The summed E-state index contributed by atoms with van der Waals surface area (Å²) in [5, 5.41) is 7.43. The van der Waals surface area contributed by atoms with Crippen molar-refractivity contribution in [2.24, 2.45) is 5.73 Å². The number of fused-ring (bicyclic) bond motifs is 1. The van der Waals surface area contributed by atoms with Crippen molar-refractivity contribution < 1.29 is 52.3 Å². The number of ether oxygens (including phenoxy) is 7. The van der Waals surface area contributed by atoms with Crippen LogP contribution < -0.4 is 26.0 Å². The number of anilines is 1. The van der Waals surface area contributed by atoms with Gasteiger partial charge in [-0.3, -0.25) is 19.3 Å². The minimum atomic E-state index is -0.720. The van der Waals surface area contributed by atoms with E-state index in [1.807, 2.05) is 87.5 Å². The van der Waals surface area contributed by atoms with Crippen molar-refractivity contribution in [2.75, 3.05) is 91.1 Å². The lowest BCUT2D eigenvalue weighted by molar-refractivity contribution is -0.141. The van der Waals surface area contributed by atoms with Crippen LogP contribution in [0.3, 0.4) is 0 Å². The highest BCUT2D eigenvalue weighted by Gasteiger charge is 2.25. The number of hydrogen-bond acceptors (Lipinski definition) is 13. The molecule has 0 saturated heterocycles. The van der Waals surface area contributed by atoms with E-state index in [1.165, 1.54) is 12.0 Å². The predicted molar refractivity (Wildman–Crippen MR) is 251 cm³/mol. The Bertz CT molecular complexity index is 2040. The van der Waals surface area contributed by atoms with Gasteiger partial charge in [0, 0.05) is 31.1 Å². The van der Waals surface area contributed by atoms with E-state index in [-0.39, 0.29) is 31.8 Å². The maximum absolute atomic E-state index is 13.1. The monoisotopic (exact) mass is 903 g/mol. The first-order chi connectivity index (χ1) is 31.4. The number of benzene rings is 3. The van der Waals surface area contributed by atoms with Crippen LogP contribution in [0.15, 0.2) is 79.0 Å². The molecule has 0 bridgehead atoms. The maximum Gasteiger partial charge on any atom is 0.416 e. The van der Waals surface area contributed by atoms with E-state index >= 15 is 0 Å². The van der Waals surface area contributed by atoms with E-state index in [4.69, 9.17) is 38.9 Å². The summed E-state index contributed by atoms with van der Waals surface area (Å²) < 4.78 is 38.5. The van der Waals surface area contributed by atoms with Gasteiger partial charge in [-0.1, -0.05) is 68.4 Å². The van der Waals surface area contributed by atoms with Gasteiger partial charge < -0.3 is 49.5 Å². The van der Waals surface area contributed by atoms with Gasteiger partial charge in [-0.25, -0.2) is 9.78 Å². The lowest BCUT2D eigenvalue weighted by Crippen LogP contribution is -2.40. The van der Waals surface area contributed by atoms with Gasteiger partial charge in [0.2, 0.25) is 11.8 Å². The summed E-state index contributed by atoms with van der Waals surface area (Å²) in [7, 11) is 1.29. The third-order valence-corrected chi connectivity index (χ3v) is 9.33. The minimum absolute atomic E-state index is 0.0447. The molecule has 4 aromatic rings. The summed E-state index contributed by atoms with van der Waals surface area (Å²) >= 11 is 0. The number of hydrogen-bond donors (Lipinski definition) is 3. The fourth-order valence-corrected chi connectivity index (χ4v) is 6.30. The van der Waals surface area contributed by atoms with Gasteiger partial charge >= 0.3 is 12.1 Å². The first-order valence-corrected chi connectivity index (χ1v) is 22.2. The molecule has 16 heteroatoms. The summed E-state index contributed by atoms with van der Waals surface area (Å²) in [6.45, 7) is 15.7. The van der Waals surface area contributed by atoms with Crippen LogP contribution in [0.2, 0.25) is 0 Å². The number of nitrogens with zero attached hydrogens (tertiary/aromatic N) is 2. The van der Waals surface area contributed by atoms with Gasteiger partial charge in [-0.15, -0.1) is 0 Å². The van der Waals surface area contributed by atoms with Crippen molar-refractivity contribution in [3.63, 3.8) is 0 Å². The molecule has 1 unspecified atom stereocenters. The van der Waals surface area contributed by atoms with Crippen LogP contribution in [0, 0.1) is 6.92 Å². The third-order valence-electron chi connectivity index (χ3n) is 9.33. The number of methoxy groups -OCH3 is 1. The van der Waals surface area contributed by atoms with E-state index in [9.17, 15) is 19.2 Å². The average Bonchev–Trinajstić information content (AvgIpc) is 3.29. The van der Waals surface area contributed by atoms with Crippen molar-refractivity contribution in [1.82, 2.24) is 15.6 Å². The predicted octanol–water partition coefficient (Wildman–Crippen LogP) is 6.70. The Morgan fingerprint density at radius 1 is 0.769 bits per heavy atom. The van der Waals surface area contributed by atoms with E-state index in [1.54, 1.807) is 33.0 Å². The van der Waals surface area contributed by atoms with Crippen LogP contribution in [0.1, 0.15) is 71.0 Å². The first-order valence-electron chi connectivity index (χ1n) is 22.2. The van der Waals surface area contributed by atoms with Crippen LogP contribution in [-0.2, 0) is 42.8 Å². The lowest BCUT2D eigenvalue weighted by Gasteiger charge is -2.27. The smallest absolute Gasteiger partial charge is 0.416 e. The summed E-state index contributed by atoms with van der Waals surface area (Å²) in [5.41, 5.74) is 8.17. The van der Waals surface area contributed by atoms with E-state index in [0.717, 1.165) is 33.2 Å². The molecule has 4 rings (SSSR count). The zero-order valence-corrected chi connectivity index (χ0v) is 39.2. The van der Waals surface area contributed by atoms with Crippen molar-refractivity contribution in [2.45, 2.75) is 72.4 Å². The number of aryl methyl sites for hydroxylation is 1. The van der Waals surface area contributed by atoms with Crippen LogP contribution in [0.5, 0.6) is 5.75 Å². The zero-order valence-electron chi connectivity index (χ0n) is 39.2. The van der Waals surface area contributed by atoms with Crippen molar-refractivity contribution >= 4 is 40.5 Å². The summed E-state index contributed by atoms with van der Waals surface area (Å²) in [6, 6.07) is 22.3. The fourth-order valence-electron chi connectivity index (χ4n) is 6.30. The number of carbonyl (C=O) groups is 4. The molecule has 4 N–H and O–H groups in total. The zero-order chi connectivity index (χ0) is 47.5. The Hall–Kier alpha value is -5.65. The number of amides is 3. The van der Waals surface area contributed by atoms with E-state index < -0.39 is 29.6 Å². The molecule has 1 aromatic heterocycles. The number of nitrogens with one attached hydrogen (secondary N) is 2. The molecule has 1 atom stereocenters. The molecule has 65 heavy (non-hydrogen) atoms. The maximum atomic E-state index is 13.1. The van der Waals surface area contributed by atoms with Crippen LogP contribution in [0.25, 0.3) is 21.9 Å². The Morgan fingerprint density at radius 2 is 1.38 bits per heavy atom. The molecule has 0 radical (unpaired) electrons. The van der Waals surface area contributed by atoms with Gasteiger partial charge in [0.15, 0.2) is 0 Å². The van der Waals surface area contributed by atoms with Gasteiger partial charge in [0.25, 0.3) is 0 Å². The second kappa shape index (κ2) is 29.7. The Balaban J connectivity index is 0.00000553. The van der Waals surface area contributed by atoms with Crippen LogP contribution in [-0.4, -0.2) is 121 Å². The topological polar surface area (TPSA) is 199 Å². The second-order valence-electron chi connectivity index (χ2n) is 15.5. The first kappa shape index (κ1) is 53.7. The van der Waals surface area contributed by atoms with Gasteiger partial charge in [-0.05, 0) is 80.0 Å². The molecule has 0 aliphatic carbocycles. The van der Waals surface area contributed by atoms with Crippen LogP contribution >= 0.6 is 0 Å². The molecule has 356 valence electrons. The molecule has 0 aliphatic heterocycles. The minimum Gasteiger partial charge on any atom is -0.491 e. The highest BCUT2D eigenvalue weighted by molar-refractivity contribution is 6.00. The van der Waals surface area contributed by atoms with Crippen LogP contribution in [0.4, 0.5) is 10.6 Å². The SMILES string of the molecule is CC.COC(=O)CC(NC(=O)CNC(=O)CCCN(C(=O)OC(C)(C)C)c1cc(C)ccn1)c1ccc(-c2ccc(OCCOCCOCCOCCOCCN)c3ccccc23)cc1. The number of nitrogens with two attached hydrogens (primary N) is 1. The quantitative estimate of drug-likeness (QED) is 0.0423. The Morgan fingerprint density at radius 3 is 1.98 bits per heavy atom. The Kier molecular flexibility index (Phi) is 24.6. The highest BCUT2D eigenvalue weighted by atomic mass is 16.6. The number of rotatable bonds is 27. The largest absolute Gasteiger partial charge is 0.491 e. The molecule has 16 nitrogen and oxygen atoms in total. The molecule has 0 spiro atoms. The van der Waals surface area contributed by atoms with E-state index in [0.29, 0.717) is 83.8 Å². The van der Waals surface area contributed by atoms with E-state index in [2.05, 4.69) is 15.6 Å². The summed E-state index contributed by atoms with van der Waals surface area (Å²) in [4.78, 5) is 57.1. The molecular weight excluding hydrogens is 835 g/mol. The molecule has 0 saturated carbocycles. The average molecular weight is 904 g/mol. The standard InChI is InChI=1S/C47H63N5O11.C2H6/c1-34-18-20-49-42(31-34)52(46(56)63-47(2,3)4)21-8-11-43(53)50-33-44(54)51-40(32-45(55)57-5)36-14-12-35(13-15-36)37-16-17-41(39-10-7-6-9-38(37)39)62-30-29-61-28-27-60-26-25-59-24-23-58-22-19-48;1-2/h6-7,9-10,12-18,20,31,40H,8,11,19,21-30,32-33,48H2,1-5H3,(H,50,53)(H,51,54);1-2H3. The summed E-state index contributed by atoms with van der Waals surface area (Å²) in [5.74, 6) is -0.218. The molecule has 1 heterocycles. The molecule has 0 fully saturated rings. The second-order valence-corrected chi connectivity index (χ2v) is 15.5. The van der Waals surface area contributed by atoms with Crippen molar-refractivity contribution in [1.29, 1.82) is 0 Å². The molecular formula is C49H69N5O11. The number of esters is 1. The van der Waals surface area contributed by atoms with Gasteiger partial charge in [0.05, 0.1) is 79.0 Å². The third kappa shape index (κ3) is 20.0. The number of pyridine rings is 1. The van der Waals surface area contributed by atoms with Gasteiger partial charge in [-0.2, -0.15) is 0 Å². The summed E-state index contributed by atoms with van der Waals surface area (Å²) in [6.07, 6.45) is 1.26. The lowest BCUT2D eigenvalue weighted by atomic mass is 9.95. The van der Waals surface area contributed by atoms with Crippen molar-refractivity contribution in [3.05, 3.63) is 90.1 Å². The number of carbonyl (C=O) groups excluding carboxylic acids is 4. The normalized spacial score (nSPS) is 11.5. The fraction of sp³-hybridized carbons (Fsp3) is 0.490. The Labute approximate surface area is 383 Å². The molecule has 3 aromatic carbocycles. The van der Waals surface area contributed by atoms with Crippen molar-refractivity contribution in [3.8, 4) is 16.9 Å². The molecule has 0 aliphatic rings. The van der Waals surface area contributed by atoms with Gasteiger partial charge in [0.1, 0.15) is 23.8 Å².